The van der Waals surface area contributed by atoms with Crippen LogP contribution >= 0.6 is 11.5 Å². The maximum absolute atomic E-state index is 12.5. The Bertz CT molecular complexity index is 1110. The third-order valence-electron chi connectivity index (χ3n) is 6.22. The molecule has 0 amide bonds. The molecule has 3 aromatic rings. The zero-order chi connectivity index (χ0) is 19.3. The summed E-state index contributed by atoms with van der Waals surface area (Å²) in [6, 6.07) is 9.06. The quantitative estimate of drug-likeness (QED) is 0.636. The molecule has 146 valence electrons. The third kappa shape index (κ3) is 2.81. The Morgan fingerprint density at radius 2 is 1.96 bits per heavy atom. The van der Waals surface area contributed by atoms with Crippen LogP contribution in [0.5, 0.6) is 0 Å². The van der Waals surface area contributed by atoms with E-state index in [0.29, 0.717) is 6.04 Å². The van der Waals surface area contributed by atoms with Crippen LogP contribution in [0, 0.1) is 5.92 Å². The van der Waals surface area contributed by atoms with Gasteiger partial charge in [-0.25, -0.2) is 0 Å². The van der Waals surface area contributed by atoms with E-state index < -0.39 is 0 Å². The van der Waals surface area contributed by atoms with Crippen LogP contribution in [0.2, 0.25) is 0 Å². The fourth-order valence-electron chi connectivity index (χ4n) is 4.77. The number of hydrogen-bond donors (Lipinski definition) is 3. The fourth-order valence-corrected chi connectivity index (χ4v) is 5.72. The summed E-state index contributed by atoms with van der Waals surface area (Å²) in [5.41, 5.74) is 3.42. The minimum atomic E-state index is -0.316. The molecular weight excluding hydrogens is 372 g/mol. The first-order valence-electron chi connectivity index (χ1n) is 10.0. The summed E-state index contributed by atoms with van der Waals surface area (Å²) in [7, 11) is 0. The summed E-state index contributed by atoms with van der Waals surface area (Å²) in [6.45, 7) is 5.35. The molecule has 28 heavy (non-hydrogen) atoms. The third-order valence-corrected chi connectivity index (χ3v) is 7.16. The average Bonchev–Trinajstić information content (AvgIpc) is 3.32. The van der Waals surface area contributed by atoms with Crippen LogP contribution in [-0.2, 0) is 6.42 Å². The average molecular weight is 397 g/mol. The Morgan fingerprint density at radius 1 is 1.14 bits per heavy atom. The molecule has 0 saturated carbocycles. The molecule has 0 spiro atoms. The summed E-state index contributed by atoms with van der Waals surface area (Å²) < 4.78 is 3.46. The smallest absolute Gasteiger partial charge is 0.271 e. The molecule has 2 saturated heterocycles. The maximum Gasteiger partial charge on any atom is 0.271 e. The van der Waals surface area contributed by atoms with Gasteiger partial charge in [0.05, 0.1) is 10.4 Å². The SMILES string of the molecule is CCc1c(-c2ccc(N3C[C@@H]4CCCN[C@@H]4C3)cc2)[nH]c(=O)c2c(=O)[nH]sc12. The Hall–Kier alpha value is -2.38. The Balaban J connectivity index is 1.49. The number of fused-ring (bicyclic) bond motifs is 2. The molecule has 3 N–H and O–H groups in total. The predicted molar refractivity (Wildman–Crippen MR) is 115 cm³/mol. The lowest BCUT2D eigenvalue weighted by Crippen LogP contribution is -2.40. The van der Waals surface area contributed by atoms with E-state index in [9.17, 15) is 9.59 Å². The van der Waals surface area contributed by atoms with Gasteiger partial charge in [-0.3, -0.25) is 14.0 Å². The van der Waals surface area contributed by atoms with E-state index >= 15 is 0 Å². The van der Waals surface area contributed by atoms with Gasteiger partial charge in [0.15, 0.2) is 0 Å². The van der Waals surface area contributed by atoms with E-state index in [-0.39, 0.29) is 16.5 Å². The Morgan fingerprint density at radius 3 is 2.71 bits per heavy atom. The van der Waals surface area contributed by atoms with Crippen LogP contribution in [0.15, 0.2) is 33.9 Å². The maximum atomic E-state index is 12.5. The molecule has 7 heteroatoms. The van der Waals surface area contributed by atoms with Crippen molar-refractivity contribution >= 4 is 27.3 Å². The van der Waals surface area contributed by atoms with E-state index in [0.717, 1.165) is 53.5 Å². The number of nitrogens with zero attached hydrogens (tertiary/aromatic N) is 1. The van der Waals surface area contributed by atoms with Gasteiger partial charge in [-0.15, -0.1) is 0 Å². The number of hydrogen-bond acceptors (Lipinski definition) is 5. The number of anilines is 1. The number of benzene rings is 1. The Labute approximate surface area is 166 Å². The van der Waals surface area contributed by atoms with Crippen molar-refractivity contribution in [1.29, 1.82) is 0 Å². The van der Waals surface area contributed by atoms with Crippen molar-refractivity contribution in [3.63, 3.8) is 0 Å². The van der Waals surface area contributed by atoms with Gasteiger partial charge in [-0.05, 0) is 55.0 Å². The number of aryl methyl sites for hydroxylation is 1. The largest absolute Gasteiger partial charge is 0.370 e. The van der Waals surface area contributed by atoms with E-state index in [1.807, 2.05) is 6.92 Å². The van der Waals surface area contributed by atoms with Crippen molar-refractivity contribution < 1.29 is 0 Å². The van der Waals surface area contributed by atoms with Crippen molar-refractivity contribution in [2.24, 2.45) is 5.92 Å². The zero-order valence-corrected chi connectivity index (χ0v) is 16.7. The number of nitrogens with one attached hydrogen (secondary N) is 3. The number of aromatic amines is 2. The first-order valence-corrected chi connectivity index (χ1v) is 10.8. The molecular formula is C21H24N4O2S. The molecule has 6 nitrogen and oxygen atoms in total. The van der Waals surface area contributed by atoms with Crippen LogP contribution in [0.3, 0.4) is 0 Å². The highest BCUT2D eigenvalue weighted by atomic mass is 32.1. The van der Waals surface area contributed by atoms with Crippen molar-refractivity contribution in [2.75, 3.05) is 24.5 Å². The molecule has 5 rings (SSSR count). The topological polar surface area (TPSA) is 81.0 Å². The molecule has 1 aromatic carbocycles. The van der Waals surface area contributed by atoms with Crippen LogP contribution < -0.4 is 21.3 Å². The first-order chi connectivity index (χ1) is 13.7. The van der Waals surface area contributed by atoms with E-state index in [2.05, 4.69) is 43.8 Å². The van der Waals surface area contributed by atoms with Crippen molar-refractivity contribution in [3.8, 4) is 11.3 Å². The van der Waals surface area contributed by atoms with E-state index in [1.54, 1.807) is 0 Å². The van der Waals surface area contributed by atoms with Crippen LogP contribution in [0.1, 0.15) is 25.3 Å². The molecule has 2 aliphatic rings. The minimum Gasteiger partial charge on any atom is -0.370 e. The highest BCUT2D eigenvalue weighted by Gasteiger charge is 2.34. The second kappa shape index (κ2) is 6.90. The molecule has 2 atom stereocenters. The summed E-state index contributed by atoms with van der Waals surface area (Å²) >= 11 is 1.25. The van der Waals surface area contributed by atoms with Gasteiger partial charge in [0.1, 0.15) is 5.39 Å². The van der Waals surface area contributed by atoms with Crippen LogP contribution in [0.25, 0.3) is 21.3 Å². The van der Waals surface area contributed by atoms with Gasteiger partial charge in [0, 0.05) is 24.8 Å². The zero-order valence-electron chi connectivity index (χ0n) is 15.9. The normalized spacial score (nSPS) is 22.0. The van der Waals surface area contributed by atoms with Crippen LogP contribution in [-0.4, -0.2) is 35.0 Å². The monoisotopic (exact) mass is 396 g/mol. The highest BCUT2D eigenvalue weighted by molar-refractivity contribution is 7.13. The second-order valence-electron chi connectivity index (χ2n) is 7.81. The number of H-pyrrole nitrogens is 2. The summed E-state index contributed by atoms with van der Waals surface area (Å²) in [5, 5.41) is 3.89. The van der Waals surface area contributed by atoms with Gasteiger partial charge >= 0.3 is 0 Å². The molecule has 0 bridgehead atoms. The summed E-state index contributed by atoms with van der Waals surface area (Å²) in [5.74, 6) is 0.746. The van der Waals surface area contributed by atoms with E-state index in [4.69, 9.17) is 0 Å². The lowest BCUT2D eigenvalue weighted by atomic mass is 9.94. The lowest BCUT2D eigenvalue weighted by Gasteiger charge is -2.24. The summed E-state index contributed by atoms with van der Waals surface area (Å²) in [6.07, 6.45) is 3.33. The number of rotatable bonds is 3. The number of aromatic nitrogens is 2. The van der Waals surface area contributed by atoms with Gasteiger partial charge in [-0.1, -0.05) is 30.6 Å². The summed E-state index contributed by atoms with van der Waals surface area (Å²) in [4.78, 5) is 29.8. The standard InChI is InChI=1S/C21H24N4O2S/c1-2-15-18(23-20(26)17-19(15)28-24-21(17)27)12-5-7-14(8-6-12)25-10-13-4-3-9-22-16(13)11-25/h5-8,13,16,22H,2-4,9-11H2,1H3,(H,23,26)(H,24,27)/t13-,16+/m0/s1. The first kappa shape index (κ1) is 17.7. The van der Waals surface area contributed by atoms with Crippen molar-refractivity contribution in [2.45, 2.75) is 32.2 Å². The molecule has 2 aliphatic heterocycles. The second-order valence-corrected chi connectivity index (χ2v) is 8.63. The molecule has 0 radical (unpaired) electrons. The molecule has 0 aliphatic carbocycles. The molecule has 0 unspecified atom stereocenters. The predicted octanol–water partition coefficient (Wildman–Crippen LogP) is 2.70. The van der Waals surface area contributed by atoms with Gasteiger partial charge in [0.2, 0.25) is 0 Å². The molecule has 2 fully saturated rings. The van der Waals surface area contributed by atoms with E-state index in [1.165, 1.54) is 30.1 Å². The van der Waals surface area contributed by atoms with Crippen molar-refractivity contribution in [1.82, 2.24) is 14.7 Å². The van der Waals surface area contributed by atoms with Gasteiger partial charge < -0.3 is 15.2 Å². The number of pyridine rings is 1. The minimum absolute atomic E-state index is 0.245. The van der Waals surface area contributed by atoms with Gasteiger partial charge in [0.25, 0.3) is 11.1 Å². The van der Waals surface area contributed by atoms with Crippen LogP contribution in [0.4, 0.5) is 5.69 Å². The van der Waals surface area contributed by atoms with Crippen molar-refractivity contribution in [3.05, 3.63) is 50.5 Å². The Kier molecular flexibility index (Phi) is 4.36. The highest BCUT2D eigenvalue weighted by Crippen LogP contribution is 2.32. The molecule has 4 heterocycles. The van der Waals surface area contributed by atoms with Gasteiger partial charge in [-0.2, -0.15) is 0 Å². The lowest BCUT2D eigenvalue weighted by molar-refractivity contribution is 0.340. The number of piperidine rings is 1. The molecule has 2 aromatic heterocycles. The fraction of sp³-hybridized carbons (Fsp3) is 0.429.